The molecule has 7 nitrogen and oxygen atoms in total. The lowest BCUT2D eigenvalue weighted by Gasteiger charge is -2.20. The van der Waals surface area contributed by atoms with Crippen molar-refractivity contribution in [3.8, 4) is 11.4 Å². The number of aryl methyl sites for hydroxylation is 3. The first-order valence-electron chi connectivity index (χ1n) is 11.8. The number of carbonyl (C=O) groups excluding carboxylic acids is 1. The molecule has 3 aromatic rings. The van der Waals surface area contributed by atoms with E-state index in [1.165, 1.54) is 22.3 Å². The van der Waals surface area contributed by atoms with Crippen LogP contribution in [0.25, 0.3) is 11.8 Å². The quantitative estimate of drug-likeness (QED) is 0.445. The summed E-state index contributed by atoms with van der Waals surface area (Å²) in [5.41, 5.74) is 6.57. The van der Waals surface area contributed by atoms with E-state index in [2.05, 4.69) is 33.7 Å². The topological polar surface area (TPSA) is 83.0 Å². The van der Waals surface area contributed by atoms with Gasteiger partial charge in [0.25, 0.3) is 5.91 Å². The summed E-state index contributed by atoms with van der Waals surface area (Å²) < 4.78 is 8.09. The van der Waals surface area contributed by atoms with Crippen LogP contribution in [0.3, 0.4) is 0 Å². The molecular formula is C28H27N5O2S. The molecule has 0 spiro atoms. The predicted octanol–water partition coefficient (Wildman–Crippen LogP) is 5.66. The summed E-state index contributed by atoms with van der Waals surface area (Å²) in [6, 6.07) is 18.1. The highest BCUT2D eigenvalue weighted by Gasteiger charge is 2.36. The Hall–Kier alpha value is -3.91. The Morgan fingerprint density at radius 2 is 1.83 bits per heavy atom. The van der Waals surface area contributed by atoms with Crippen LogP contribution >= 0.6 is 11.8 Å². The van der Waals surface area contributed by atoms with Crippen molar-refractivity contribution in [2.75, 3.05) is 6.61 Å². The SMILES string of the molecule is CCc1ccccc1-n1c(C)cc(/C=C2/C(=N)N3N=C(COc4ccccc4C)SC3=NC2=O)c1C. The minimum absolute atomic E-state index is 0.0159. The highest BCUT2D eigenvalue weighted by atomic mass is 32.2. The van der Waals surface area contributed by atoms with Gasteiger partial charge < -0.3 is 9.30 Å². The Kier molecular flexibility index (Phi) is 6.36. The van der Waals surface area contributed by atoms with Crippen LogP contribution in [-0.2, 0) is 11.2 Å². The van der Waals surface area contributed by atoms with E-state index in [0.717, 1.165) is 40.4 Å². The van der Waals surface area contributed by atoms with Crippen LogP contribution in [0.4, 0.5) is 0 Å². The van der Waals surface area contributed by atoms with Gasteiger partial charge in [-0.2, -0.15) is 15.1 Å². The fraction of sp³-hybridized carbons (Fsp3) is 0.214. The molecule has 1 amide bonds. The molecule has 2 aliphatic heterocycles. The van der Waals surface area contributed by atoms with E-state index in [9.17, 15) is 4.79 Å². The Morgan fingerprint density at radius 3 is 2.61 bits per heavy atom. The third-order valence-corrected chi connectivity index (χ3v) is 7.21. The molecule has 0 saturated carbocycles. The standard InChI is InChI=1S/C28H27N5O2S/c1-5-20-11-7-8-12-23(20)32-18(3)14-21(19(32)4)15-22-26(29)33-28(30-27(22)34)36-25(31-33)16-35-24-13-9-6-10-17(24)2/h6-15,29H,5,16H2,1-4H3/b22-15-,29-26?. The molecule has 0 atom stereocenters. The Bertz CT molecular complexity index is 1480. The fourth-order valence-electron chi connectivity index (χ4n) is 4.44. The number of aromatic nitrogens is 1. The van der Waals surface area contributed by atoms with Crippen LogP contribution in [0.5, 0.6) is 5.75 Å². The van der Waals surface area contributed by atoms with E-state index >= 15 is 0 Å². The normalized spacial score (nSPS) is 16.3. The minimum Gasteiger partial charge on any atom is -0.486 e. The van der Waals surface area contributed by atoms with E-state index in [1.807, 2.05) is 63.2 Å². The number of rotatable bonds is 6. The summed E-state index contributed by atoms with van der Waals surface area (Å²) in [5, 5.41) is 15.7. The number of thioether (sulfide) groups is 1. The molecule has 2 aromatic carbocycles. The first-order valence-corrected chi connectivity index (χ1v) is 12.6. The van der Waals surface area contributed by atoms with Crippen molar-refractivity contribution >= 4 is 39.8 Å². The zero-order chi connectivity index (χ0) is 25.4. The van der Waals surface area contributed by atoms with Crippen LogP contribution in [0.2, 0.25) is 0 Å². The molecule has 3 heterocycles. The fourth-order valence-corrected chi connectivity index (χ4v) is 5.23. The third kappa shape index (κ3) is 4.28. The van der Waals surface area contributed by atoms with Gasteiger partial charge in [-0.3, -0.25) is 10.2 Å². The van der Waals surface area contributed by atoms with Gasteiger partial charge in [0, 0.05) is 17.1 Å². The molecule has 0 bridgehead atoms. The predicted molar refractivity (Wildman–Crippen MR) is 146 cm³/mol. The van der Waals surface area contributed by atoms with Gasteiger partial charge >= 0.3 is 0 Å². The first-order chi connectivity index (χ1) is 17.4. The molecule has 0 unspecified atom stereocenters. The van der Waals surface area contributed by atoms with Crippen molar-refractivity contribution in [1.82, 2.24) is 9.58 Å². The van der Waals surface area contributed by atoms with Gasteiger partial charge in [-0.15, -0.1) is 0 Å². The number of carbonyl (C=O) groups is 1. The lowest BCUT2D eigenvalue weighted by atomic mass is 10.1. The summed E-state index contributed by atoms with van der Waals surface area (Å²) in [5.74, 6) is 0.357. The highest BCUT2D eigenvalue weighted by Crippen LogP contribution is 2.31. The number of amides is 1. The number of nitrogens with one attached hydrogen (secondary N) is 1. The van der Waals surface area contributed by atoms with E-state index in [0.29, 0.717) is 10.2 Å². The van der Waals surface area contributed by atoms with Crippen molar-refractivity contribution in [3.05, 3.63) is 88.2 Å². The van der Waals surface area contributed by atoms with Gasteiger partial charge in [-0.25, -0.2) is 0 Å². The highest BCUT2D eigenvalue weighted by molar-refractivity contribution is 8.27. The van der Waals surface area contributed by atoms with Crippen LogP contribution in [0, 0.1) is 26.2 Å². The number of aliphatic imine (C=N–C) groups is 1. The van der Waals surface area contributed by atoms with Gasteiger partial charge in [0.15, 0.2) is 5.84 Å². The molecule has 0 saturated heterocycles. The molecule has 0 fully saturated rings. The van der Waals surface area contributed by atoms with E-state index in [4.69, 9.17) is 10.1 Å². The van der Waals surface area contributed by atoms with Crippen molar-refractivity contribution in [2.45, 2.75) is 34.1 Å². The summed E-state index contributed by atoms with van der Waals surface area (Å²) >= 11 is 1.25. The summed E-state index contributed by atoms with van der Waals surface area (Å²) in [7, 11) is 0. The second-order valence-electron chi connectivity index (χ2n) is 8.71. The number of ether oxygens (including phenoxy) is 1. The van der Waals surface area contributed by atoms with Gasteiger partial charge in [-0.1, -0.05) is 43.3 Å². The molecule has 1 N–H and O–H groups in total. The smallest absolute Gasteiger partial charge is 0.283 e. The van der Waals surface area contributed by atoms with Crippen molar-refractivity contribution in [1.29, 1.82) is 5.41 Å². The van der Waals surface area contributed by atoms with Crippen molar-refractivity contribution in [2.24, 2.45) is 10.1 Å². The minimum atomic E-state index is -0.436. The number of amidine groups is 2. The van der Waals surface area contributed by atoms with Crippen LogP contribution < -0.4 is 4.74 Å². The lowest BCUT2D eigenvalue weighted by Crippen LogP contribution is -2.35. The molecule has 0 radical (unpaired) electrons. The number of hydrogen-bond acceptors (Lipinski definition) is 5. The monoisotopic (exact) mass is 497 g/mol. The largest absolute Gasteiger partial charge is 0.486 e. The molecule has 0 aliphatic carbocycles. The lowest BCUT2D eigenvalue weighted by molar-refractivity contribution is -0.114. The first kappa shape index (κ1) is 23.8. The van der Waals surface area contributed by atoms with Crippen LogP contribution in [0.1, 0.15) is 35.0 Å². The number of hydrogen-bond donors (Lipinski definition) is 1. The Labute approximate surface area is 214 Å². The number of fused-ring (bicyclic) bond motifs is 1. The summed E-state index contributed by atoms with van der Waals surface area (Å²) in [6.07, 6.45) is 2.67. The van der Waals surface area contributed by atoms with Gasteiger partial charge in [0.05, 0.1) is 5.57 Å². The third-order valence-electron chi connectivity index (χ3n) is 6.32. The second kappa shape index (κ2) is 9.62. The van der Waals surface area contributed by atoms with Gasteiger partial charge in [-0.05, 0) is 79.9 Å². The molecule has 2 aliphatic rings. The van der Waals surface area contributed by atoms with Gasteiger partial charge in [0.1, 0.15) is 17.4 Å². The summed E-state index contributed by atoms with van der Waals surface area (Å²) in [4.78, 5) is 17.2. The molecule has 8 heteroatoms. The maximum atomic E-state index is 12.9. The zero-order valence-corrected chi connectivity index (χ0v) is 21.5. The molecule has 1 aromatic heterocycles. The van der Waals surface area contributed by atoms with Gasteiger partial charge in [0.2, 0.25) is 5.17 Å². The Morgan fingerprint density at radius 1 is 1.08 bits per heavy atom. The van der Waals surface area contributed by atoms with Crippen molar-refractivity contribution < 1.29 is 9.53 Å². The van der Waals surface area contributed by atoms with E-state index in [1.54, 1.807) is 6.08 Å². The second-order valence-corrected chi connectivity index (χ2v) is 9.75. The average molecular weight is 498 g/mol. The van der Waals surface area contributed by atoms with Crippen LogP contribution in [0.15, 0.2) is 70.3 Å². The van der Waals surface area contributed by atoms with E-state index < -0.39 is 5.91 Å². The number of benzene rings is 2. The van der Waals surface area contributed by atoms with Crippen molar-refractivity contribution in [3.63, 3.8) is 0 Å². The van der Waals surface area contributed by atoms with E-state index in [-0.39, 0.29) is 18.0 Å². The Balaban J connectivity index is 1.42. The van der Waals surface area contributed by atoms with Crippen LogP contribution in [-0.4, -0.2) is 38.1 Å². The molecule has 182 valence electrons. The zero-order valence-electron chi connectivity index (χ0n) is 20.7. The average Bonchev–Trinajstić information content (AvgIpc) is 3.40. The maximum Gasteiger partial charge on any atom is 0.283 e. The maximum absolute atomic E-state index is 12.9. The molecular weight excluding hydrogens is 470 g/mol. The number of hydrazone groups is 1. The molecule has 36 heavy (non-hydrogen) atoms. The summed E-state index contributed by atoms with van der Waals surface area (Å²) in [6.45, 7) is 8.44. The number of nitrogens with zero attached hydrogens (tertiary/aromatic N) is 4. The molecule has 5 rings (SSSR count). The number of para-hydroxylation sites is 2.